The highest BCUT2D eigenvalue weighted by atomic mass is 28.4. The number of carbonyl (C=O) groups is 1. The second-order valence-corrected chi connectivity index (χ2v) is 9.30. The number of carbonyl (C=O) groups excluding carboxylic acids is 1. The Morgan fingerprint density at radius 2 is 1.76 bits per heavy atom. The zero-order valence-corrected chi connectivity index (χ0v) is 11.9. The molecule has 0 aliphatic carbocycles. The predicted molar refractivity (Wildman–Crippen MR) is 71.0 cm³/mol. The van der Waals surface area contributed by atoms with E-state index in [1.807, 2.05) is 19.6 Å². The molecule has 0 unspecified atom stereocenters. The van der Waals surface area contributed by atoms with Crippen molar-refractivity contribution in [3.63, 3.8) is 0 Å². The summed E-state index contributed by atoms with van der Waals surface area (Å²) < 4.78 is 10.9. The Hall–Kier alpha value is -1.29. The average Bonchev–Trinajstić information content (AvgIpc) is 2.24. The molecule has 1 rings (SSSR count). The van der Waals surface area contributed by atoms with Gasteiger partial charge in [0, 0.05) is 0 Å². The minimum atomic E-state index is -1.82. The first kappa shape index (κ1) is 13.8. The van der Waals surface area contributed by atoms with E-state index in [1.165, 1.54) is 0 Å². The van der Waals surface area contributed by atoms with Crippen molar-refractivity contribution in [3.05, 3.63) is 29.8 Å². The lowest BCUT2D eigenvalue weighted by molar-refractivity contribution is 0.0724. The van der Waals surface area contributed by atoms with Crippen LogP contribution in [0.2, 0.25) is 19.6 Å². The van der Waals surface area contributed by atoms with Crippen molar-refractivity contribution in [2.45, 2.75) is 33.0 Å². The minimum Gasteiger partial charge on any atom is -0.516 e. The molecule has 0 radical (unpaired) electrons. The molecule has 0 aromatic heterocycles. The van der Waals surface area contributed by atoms with Gasteiger partial charge in [-0.15, -0.1) is 0 Å². The summed E-state index contributed by atoms with van der Waals surface area (Å²) in [4.78, 5) is 11.8. The first-order valence-corrected chi connectivity index (χ1v) is 9.29. The third kappa shape index (κ3) is 5.04. The molecule has 0 heterocycles. The molecule has 0 saturated carbocycles. The summed E-state index contributed by atoms with van der Waals surface area (Å²) in [6.45, 7) is 8.72. The fraction of sp³-hybridized carbons (Fsp3) is 0.462. The Balaban J connectivity index is 2.64. The van der Waals surface area contributed by atoms with Crippen molar-refractivity contribution < 1.29 is 14.0 Å². The van der Waals surface area contributed by atoms with E-state index < -0.39 is 8.32 Å². The van der Waals surface area contributed by atoms with Gasteiger partial charge >= 0.3 is 5.97 Å². The summed E-state index contributed by atoms with van der Waals surface area (Å²) in [7, 11) is -1.82. The van der Waals surface area contributed by atoms with Crippen LogP contribution in [0, 0.1) is 0 Å². The molecule has 94 valence electrons. The Bertz CT molecular complexity index is 365. The fourth-order valence-electron chi connectivity index (χ4n) is 1.24. The highest BCUT2D eigenvalue weighted by Crippen LogP contribution is 2.15. The lowest BCUT2D eigenvalue weighted by Crippen LogP contribution is -2.29. The van der Waals surface area contributed by atoms with Crippen LogP contribution in [0.1, 0.15) is 23.7 Å². The quantitative estimate of drug-likeness (QED) is 0.753. The summed E-state index contributed by atoms with van der Waals surface area (Å²) in [6.07, 6.45) is 0.972. The molecule has 0 N–H and O–H groups in total. The van der Waals surface area contributed by atoms with E-state index in [0.29, 0.717) is 12.2 Å². The van der Waals surface area contributed by atoms with E-state index in [4.69, 9.17) is 9.16 Å². The smallest absolute Gasteiger partial charge is 0.324 e. The van der Waals surface area contributed by atoms with Crippen molar-refractivity contribution >= 4 is 14.3 Å². The van der Waals surface area contributed by atoms with Crippen LogP contribution in [0.3, 0.4) is 0 Å². The zero-order chi connectivity index (χ0) is 12.9. The molecular formula is C13H20O3Si. The van der Waals surface area contributed by atoms with Crippen molar-refractivity contribution in [2.75, 3.05) is 6.61 Å². The van der Waals surface area contributed by atoms with E-state index >= 15 is 0 Å². The van der Waals surface area contributed by atoms with Crippen molar-refractivity contribution in [3.8, 4) is 5.75 Å². The second kappa shape index (κ2) is 5.86. The van der Waals surface area contributed by atoms with E-state index in [2.05, 4.69) is 6.92 Å². The first-order valence-electron chi connectivity index (χ1n) is 5.88. The molecule has 1 aromatic rings. The van der Waals surface area contributed by atoms with E-state index in [9.17, 15) is 4.79 Å². The highest BCUT2D eigenvalue weighted by molar-refractivity contribution is 6.71. The summed E-state index contributed by atoms with van der Waals surface area (Å²) >= 11 is 0. The largest absolute Gasteiger partial charge is 0.516 e. The van der Waals surface area contributed by atoms with Crippen LogP contribution in [0.5, 0.6) is 5.75 Å². The average molecular weight is 252 g/mol. The molecular weight excluding hydrogens is 232 g/mol. The molecule has 0 fully saturated rings. The summed E-state index contributed by atoms with van der Waals surface area (Å²) in [5.41, 5.74) is 0.580. The number of benzene rings is 1. The Morgan fingerprint density at radius 1 is 1.18 bits per heavy atom. The number of rotatable bonds is 5. The van der Waals surface area contributed by atoms with Crippen LogP contribution >= 0.6 is 0 Å². The van der Waals surface area contributed by atoms with Crippen LogP contribution in [0.15, 0.2) is 24.3 Å². The van der Waals surface area contributed by atoms with E-state index in [1.54, 1.807) is 24.3 Å². The monoisotopic (exact) mass is 252 g/mol. The maximum atomic E-state index is 11.8. The molecule has 4 heteroatoms. The molecule has 0 aliphatic rings. The van der Waals surface area contributed by atoms with Gasteiger partial charge in [0.1, 0.15) is 5.75 Å². The first-order chi connectivity index (χ1) is 7.92. The predicted octanol–water partition coefficient (Wildman–Crippen LogP) is 3.47. The molecule has 0 bridgehead atoms. The second-order valence-electron chi connectivity index (χ2n) is 4.87. The molecule has 0 atom stereocenters. The topological polar surface area (TPSA) is 35.5 Å². The van der Waals surface area contributed by atoms with Gasteiger partial charge in [-0.2, -0.15) is 0 Å². The maximum Gasteiger partial charge on any atom is 0.324 e. The van der Waals surface area contributed by atoms with Gasteiger partial charge in [-0.25, -0.2) is 4.79 Å². The van der Waals surface area contributed by atoms with Gasteiger partial charge in [-0.1, -0.05) is 6.92 Å². The number of ether oxygens (including phenoxy) is 1. The Morgan fingerprint density at radius 3 is 2.24 bits per heavy atom. The minimum absolute atomic E-state index is 0.244. The summed E-state index contributed by atoms with van der Waals surface area (Å²) in [5.74, 6) is 0.544. The fourth-order valence-corrected chi connectivity index (χ4v) is 1.92. The molecule has 17 heavy (non-hydrogen) atoms. The van der Waals surface area contributed by atoms with Crippen molar-refractivity contribution in [2.24, 2.45) is 0 Å². The number of hydrogen-bond acceptors (Lipinski definition) is 3. The summed E-state index contributed by atoms with van der Waals surface area (Å²) in [5, 5.41) is 0. The molecule has 3 nitrogen and oxygen atoms in total. The molecule has 1 aromatic carbocycles. The third-order valence-electron chi connectivity index (χ3n) is 1.96. The van der Waals surface area contributed by atoms with Gasteiger partial charge in [0.05, 0.1) is 12.2 Å². The maximum absolute atomic E-state index is 11.8. The molecule has 0 aliphatic heterocycles. The zero-order valence-electron chi connectivity index (χ0n) is 10.9. The van der Waals surface area contributed by atoms with Crippen LogP contribution in [0.4, 0.5) is 0 Å². The normalized spacial score (nSPS) is 11.1. The Kier molecular flexibility index (Phi) is 4.75. The lowest BCUT2D eigenvalue weighted by atomic mass is 10.2. The summed E-state index contributed by atoms with van der Waals surface area (Å²) in [6, 6.07) is 7.09. The Labute approximate surface area is 104 Å². The molecule has 0 amide bonds. The van der Waals surface area contributed by atoms with E-state index in [0.717, 1.165) is 12.2 Å². The van der Waals surface area contributed by atoms with Crippen LogP contribution in [-0.4, -0.2) is 20.9 Å². The lowest BCUT2D eigenvalue weighted by Gasteiger charge is -2.17. The van der Waals surface area contributed by atoms with Crippen LogP contribution in [0.25, 0.3) is 0 Å². The van der Waals surface area contributed by atoms with Gasteiger partial charge in [0.25, 0.3) is 0 Å². The van der Waals surface area contributed by atoms with Crippen LogP contribution in [-0.2, 0) is 4.43 Å². The van der Waals surface area contributed by atoms with Crippen LogP contribution < -0.4 is 4.74 Å². The number of hydrogen-bond donors (Lipinski definition) is 0. The SMILES string of the molecule is CCCOc1ccc(C(=O)O[Si](C)(C)C)cc1. The van der Waals surface area contributed by atoms with Gasteiger partial charge < -0.3 is 9.16 Å². The van der Waals surface area contributed by atoms with E-state index in [-0.39, 0.29) is 5.97 Å². The van der Waals surface area contributed by atoms with Crippen molar-refractivity contribution in [1.82, 2.24) is 0 Å². The molecule has 0 saturated heterocycles. The van der Waals surface area contributed by atoms with Gasteiger partial charge in [-0.05, 0) is 50.3 Å². The van der Waals surface area contributed by atoms with Gasteiger partial charge in [-0.3, -0.25) is 0 Å². The highest BCUT2D eigenvalue weighted by Gasteiger charge is 2.20. The standard InChI is InChI=1S/C13H20O3Si/c1-5-10-15-12-8-6-11(7-9-12)13(14)16-17(2,3)4/h6-9H,5,10H2,1-4H3. The molecule has 0 spiro atoms. The van der Waals surface area contributed by atoms with Gasteiger partial charge in [0.2, 0.25) is 8.32 Å². The van der Waals surface area contributed by atoms with Gasteiger partial charge in [0.15, 0.2) is 0 Å². The van der Waals surface area contributed by atoms with Crippen molar-refractivity contribution in [1.29, 1.82) is 0 Å². The third-order valence-corrected chi connectivity index (χ3v) is 2.76.